The molecule has 6 nitrogen and oxygen atoms in total. The molecule has 0 spiro atoms. The van der Waals surface area contributed by atoms with Crippen molar-refractivity contribution in [3.8, 4) is 0 Å². The van der Waals surface area contributed by atoms with Crippen molar-refractivity contribution in [3.05, 3.63) is 70.4 Å². The van der Waals surface area contributed by atoms with Gasteiger partial charge in [-0.1, -0.05) is 18.2 Å². The Bertz CT molecular complexity index is 1020. The number of imidazole rings is 1. The van der Waals surface area contributed by atoms with Gasteiger partial charge < -0.3 is 14.0 Å². The Morgan fingerprint density at radius 3 is 2.76 bits per heavy atom. The predicted molar refractivity (Wildman–Crippen MR) is 113 cm³/mol. The molecule has 0 aromatic carbocycles. The molecule has 154 valence electrons. The third kappa shape index (κ3) is 4.37. The zero-order valence-electron chi connectivity index (χ0n) is 17.3. The fourth-order valence-corrected chi connectivity index (χ4v) is 3.74. The van der Waals surface area contributed by atoms with Gasteiger partial charge in [-0.2, -0.15) is 0 Å². The third-order valence-electron chi connectivity index (χ3n) is 5.59. The summed E-state index contributed by atoms with van der Waals surface area (Å²) in [4.78, 5) is 17.7. The van der Waals surface area contributed by atoms with Gasteiger partial charge in [-0.3, -0.25) is 9.20 Å². The predicted octanol–water partition coefficient (Wildman–Crippen LogP) is 3.89. The van der Waals surface area contributed by atoms with Crippen LogP contribution in [-0.2, 0) is 16.0 Å². The van der Waals surface area contributed by atoms with E-state index in [0.29, 0.717) is 24.1 Å². The van der Waals surface area contributed by atoms with Crippen molar-refractivity contribution in [3.63, 3.8) is 0 Å². The third-order valence-corrected chi connectivity index (χ3v) is 5.59. The smallest absolute Gasteiger partial charge is 0.276 e. The van der Waals surface area contributed by atoms with Gasteiger partial charge >= 0.3 is 0 Å². The van der Waals surface area contributed by atoms with Crippen LogP contribution in [0.3, 0.4) is 0 Å². The van der Waals surface area contributed by atoms with Crippen LogP contribution in [0, 0.1) is 6.92 Å². The molecule has 0 atom stereocenters. The van der Waals surface area contributed by atoms with Gasteiger partial charge in [-0.15, -0.1) is 0 Å². The van der Waals surface area contributed by atoms with Crippen molar-refractivity contribution in [2.75, 3.05) is 13.2 Å². The average molecular weight is 396 g/mol. The molecule has 0 bridgehead atoms. The minimum atomic E-state index is -0.00860. The van der Waals surface area contributed by atoms with E-state index in [4.69, 9.17) is 9.47 Å². The first-order valence-corrected chi connectivity index (χ1v) is 10.4. The summed E-state index contributed by atoms with van der Waals surface area (Å²) in [6.45, 7) is 9.85. The first-order valence-electron chi connectivity index (χ1n) is 10.4. The van der Waals surface area contributed by atoms with Crippen LogP contribution >= 0.6 is 0 Å². The van der Waals surface area contributed by atoms with Crippen molar-refractivity contribution in [1.29, 1.82) is 0 Å². The zero-order chi connectivity index (χ0) is 20.4. The summed E-state index contributed by atoms with van der Waals surface area (Å²) in [5, 5.41) is 0. The second-order valence-corrected chi connectivity index (χ2v) is 8.02. The van der Waals surface area contributed by atoms with Crippen LogP contribution in [0.1, 0.15) is 50.0 Å². The Morgan fingerprint density at radius 1 is 1.31 bits per heavy atom. The van der Waals surface area contributed by atoms with Crippen molar-refractivity contribution >= 4 is 5.52 Å². The highest BCUT2D eigenvalue weighted by atomic mass is 16.5. The van der Waals surface area contributed by atoms with E-state index >= 15 is 0 Å². The van der Waals surface area contributed by atoms with Crippen molar-refractivity contribution < 1.29 is 9.47 Å². The Balaban J connectivity index is 1.59. The summed E-state index contributed by atoms with van der Waals surface area (Å²) < 4.78 is 15.0. The van der Waals surface area contributed by atoms with E-state index in [1.54, 1.807) is 16.8 Å². The largest absolute Gasteiger partial charge is 0.490 e. The minimum Gasteiger partial charge on any atom is -0.490 e. The summed E-state index contributed by atoms with van der Waals surface area (Å²) in [7, 11) is 0. The molecule has 1 saturated carbocycles. The second-order valence-electron chi connectivity index (χ2n) is 8.02. The lowest BCUT2D eigenvalue weighted by Gasteiger charge is -2.21. The Hall–Kier alpha value is -2.60. The topological polar surface area (TPSA) is 57.8 Å². The lowest BCUT2D eigenvalue weighted by Crippen LogP contribution is -2.25. The molecule has 2 aromatic heterocycles. The van der Waals surface area contributed by atoms with Crippen LogP contribution in [0.5, 0.6) is 0 Å². The van der Waals surface area contributed by atoms with Crippen molar-refractivity contribution in [2.45, 2.75) is 58.1 Å². The molecular formula is C23H29N3O3. The maximum atomic E-state index is 13.1. The molecule has 0 amide bonds. The van der Waals surface area contributed by atoms with Crippen molar-refractivity contribution in [1.82, 2.24) is 14.0 Å². The molecule has 6 heteroatoms. The molecule has 1 saturated heterocycles. The number of hydrogen-bond acceptors (Lipinski definition) is 4. The SMILES string of the molecule is C=C/C(=C\C=C(/C)Cn1c(C)cn2c(C3CCOCC3)ncc2c1=O)OC1CC1. The van der Waals surface area contributed by atoms with E-state index in [2.05, 4.69) is 11.6 Å². The van der Waals surface area contributed by atoms with Gasteiger partial charge in [0, 0.05) is 37.6 Å². The fraction of sp³-hybridized carbons (Fsp3) is 0.478. The highest BCUT2D eigenvalue weighted by molar-refractivity contribution is 5.45. The van der Waals surface area contributed by atoms with E-state index in [0.717, 1.165) is 61.7 Å². The van der Waals surface area contributed by atoms with Crippen LogP contribution in [0.15, 0.2) is 53.3 Å². The number of rotatable bonds is 7. The zero-order valence-corrected chi connectivity index (χ0v) is 17.3. The van der Waals surface area contributed by atoms with Gasteiger partial charge in [0.25, 0.3) is 5.56 Å². The van der Waals surface area contributed by atoms with Crippen LogP contribution < -0.4 is 5.56 Å². The molecule has 29 heavy (non-hydrogen) atoms. The molecule has 0 radical (unpaired) electrons. The van der Waals surface area contributed by atoms with Gasteiger partial charge in [-0.05, 0) is 51.7 Å². The summed E-state index contributed by atoms with van der Waals surface area (Å²) in [5.41, 5.74) is 2.61. The summed E-state index contributed by atoms with van der Waals surface area (Å²) >= 11 is 0. The highest BCUT2D eigenvalue weighted by Gasteiger charge is 2.23. The molecule has 4 rings (SSSR count). The normalized spacial score (nSPS) is 19.0. The molecule has 0 unspecified atom stereocenters. The van der Waals surface area contributed by atoms with E-state index < -0.39 is 0 Å². The van der Waals surface area contributed by atoms with Crippen LogP contribution in [0.2, 0.25) is 0 Å². The first-order chi connectivity index (χ1) is 14.1. The number of aromatic nitrogens is 3. The summed E-state index contributed by atoms with van der Waals surface area (Å²) in [5.74, 6) is 2.10. The first kappa shape index (κ1) is 19.7. The second kappa shape index (κ2) is 8.41. The van der Waals surface area contributed by atoms with Gasteiger partial charge in [0.05, 0.1) is 12.3 Å². The standard InChI is InChI=1S/C23H29N3O3/c1-4-19(29-20-7-8-20)6-5-16(2)14-25-17(3)15-26-21(23(25)27)13-24-22(26)18-9-11-28-12-10-18/h4-6,13,15,18,20H,1,7-12,14H2,2-3H3/b16-5+,19-6+. The quantitative estimate of drug-likeness (QED) is 0.527. The monoisotopic (exact) mass is 395 g/mol. The van der Waals surface area contributed by atoms with Gasteiger partial charge in [0.15, 0.2) is 0 Å². The van der Waals surface area contributed by atoms with Gasteiger partial charge in [0.2, 0.25) is 0 Å². The van der Waals surface area contributed by atoms with Crippen molar-refractivity contribution in [2.24, 2.45) is 0 Å². The number of aryl methyl sites for hydroxylation is 1. The number of nitrogens with zero attached hydrogens (tertiary/aromatic N) is 3. The fourth-order valence-electron chi connectivity index (χ4n) is 3.74. The van der Waals surface area contributed by atoms with Crippen LogP contribution in [0.4, 0.5) is 0 Å². The summed E-state index contributed by atoms with van der Waals surface area (Å²) in [6, 6.07) is 0. The molecule has 2 fully saturated rings. The van der Waals surface area contributed by atoms with E-state index in [9.17, 15) is 4.79 Å². The number of hydrogen-bond donors (Lipinski definition) is 0. The molecule has 1 aliphatic carbocycles. The average Bonchev–Trinajstić information content (AvgIpc) is 3.45. The van der Waals surface area contributed by atoms with Gasteiger partial charge in [-0.25, -0.2) is 4.98 Å². The lowest BCUT2D eigenvalue weighted by atomic mass is 10.00. The maximum Gasteiger partial charge on any atom is 0.276 e. The molecule has 0 N–H and O–H groups in total. The van der Waals surface area contributed by atoms with E-state index in [1.807, 2.05) is 36.6 Å². The number of fused-ring (bicyclic) bond motifs is 1. The van der Waals surface area contributed by atoms with E-state index in [1.165, 1.54) is 0 Å². The minimum absolute atomic E-state index is 0.00860. The highest BCUT2D eigenvalue weighted by Crippen LogP contribution is 2.27. The molecule has 1 aliphatic heterocycles. The Labute approximate surface area is 171 Å². The van der Waals surface area contributed by atoms with E-state index in [-0.39, 0.29) is 5.56 Å². The maximum absolute atomic E-state index is 13.1. The van der Waals surface area contributed by atoms with Gasteiger partial charge in [0.1, 0.15) is 17.1 Å². The Kier molecular flexibility index (Phi) is 5.72. The summed E-state index contributed by atoms with van der Waals surface area (Å²) in [6.07, 6.45) is 13.9. The lowest BCUT2D eigenvalue weighted by molar-refractivity contribution is 0.0835. The Morgan fingerprint density at radius 2 is 2.07 bits per heavy atom. The molecule has 3 heterocycles. The number of ether oxygens (including phenoxy) is 2. The molecule has 2 aromatic rings. The van der Waals surface area contributed by atoms with Crippen LogP contribution in [0.25, 0.3) is 5.52 Å². The van der Waals surface area contributed by atoms with Crippen LogP contribution in [-0.4, -0.2) is 33.3 Å². The molecule has 2 aliphatic rings. The molecular weight excluding hydrogens is 366 g/mol. The number of allylic oxidation sites excluding steroid dienone is 4.